The van der Waals surface area contributed by atoms with Crippen LogP contribution in [0.2, 0.25) is 0 Å². The summed E-state index contributed by atoms with van der Waals surface area (Å²) in [6.45, 7) is 1.71. The van der Waals surface area contributed by atoms with Crippen molar-refractivity contribution in [2.24, 2.45) is 11.8 Å². The molecular formula is C19H22F2N2O3. The molecule has 1 aromatic carbocycles. The highest BCUT2D eigenvalue weighted by atomic mass is 19.2. The molecule has 3 rings (SSSR count). The number of imide groups is 1. The van der Waals surface area contributed by atoms with Crippen molar-refractivity contribution < 1.29 is 23.2 Å². The summed E-state index contributed by atoms with van der Waals surface area (Å²) in [5.41, 5.74) is 0.441. The summed E-state index contributed by atoms with van der Waals surface area (Å²) in [5.74, 6) is -3.04. The number of benzene rings is 1. The minimum Gasteiger partial charge on any atom is -0.350 e. The third-order valence-electron chi connectivity index (χ3n) is 5.32. The van der Waals surface area contributed by atoms with Crippen LogP contribution in [0.1, 0.15) is 50.6 Å². The summed E-state index contributed by atoms with van der Waals surface area (Å²) in [4.78, 5) is 38.1. The Labute approximate surface area is 150 Å². The fraction of sp³-hybridized carbons (Fsp3) is 0.526. The lowest BCUT2D eigenvalue weighted by Crippen LogP contribution is -2.36. The van der Waals surface area contributed by atoms with Crippen molar-refractivity contribution in [3.05, 3.63) is 35.4 Å². The van der Waals surface area contributed by atoms with Gasteiger partial charge in [-0.3, -0.25) is 19.3 Å². The Balaban J connectivity index is 1.54. The summed E-state index contributed by atoms with van der Waals surface area (Å²) in [5, 5.41) is 2.68. The smallest absolute Gasteiger partial charge is 0.233 e. The Morgan fingerprint density at radius 1 is 1.15 bits per heavy atom. The topological polar surface area (TPSA) is 66.5 Å². The van der Waals surface area contributed by atoms with Gasteiger partial charge < -0.3 is 5.32 Å². The van der Waals surface area contributed by atoms with Crippen molar-refractivity contribution in [2.75, 3.05) is 6.54 Å². The highest BCUT2D eigenvalue weighted by Gasteiger charge is 2.47. The highest BCUT2D eigenvalue weighted by molar-refractivity contribution is 6.05. The molecule has 1 aliphatic carbocycles. The number of carbonyl (C=O) groups is 3. The number of carbonyl (C=O) groups excluding carboxylic acids is 3. The molecule has 140 valence electrons. The molecule has 3 amide bonds. The van der Waals surface area contributed by atoms with Crippen molar-refractivity contribution in [1.82, 2.24) is 10.2 Å². The van der Waals surface area contributed by atoms with E-state index in [4.69, 9.17) is 0 Å². The Bertz CT molecular complexity index is 713. The maximum atomic E-state index is 13.3. The first-order chi connectivity index (χ1) is 12.4. The lowest BCUT2D eigenvalue weighted by Gasteiger charge is -2.19. The molecular weight excluding hydrogens is 342 g/mol. The lowest BCUT2D eigenvalue weighted by atomic mass is 9.81. The SMILES string of the molecule is C[C@@H](NC(=O)CCN1C(=O)[C@H]2CCCC[C@H]2C1=O)c1ccc(F)c(F)c1. The molecule has 7 heteroatoms. The molecule has 5 nitrogen and oxygen atoms in total. The zero-order valence-corrected chi connectivity index (χ0v) is 14.6. The van der Waals surface area contributed by atoms with E-state index in [0.717, 1.165) is 37.8 Å². The molecule has 1 saturated carbocycles. The maximum absolute atomic E-state index is 13.3. The average molecular weight is 364 g/mol. The van der Waals surface area contributed by atoms with E-state index in [1.165, 1.54) is 11.0 Å². The molecule has 1 N–H and O–H groups in total. The van der Waals surface area contributed by atoms with Gasteiger partial charge in [0.25, 0.3) is 0 Å². The molecule has 0 bridgehead atoms. The normalized spacial score (nSPS) is 23.7. The van der Waals surface area contributed by atoms with Crippen LogP contribution in [0.15, 0.2) is 18.2 Å². The van der Waals surface area contributed by atoms with Crippen LogP contribution in [0.5, 0.6) is 0 Å². The van der Waals surface area contributed by atoms with Gasteiger partial charge in [0.1, 0.15) is 0 Å². The number of hydrogen-bond donors (Lipinski definition) is 1. The third-order valence-corrected chi connectivity index (χ3v) is 5.32. The number of nitrogens with one attached hydrogen (secondary N) is 1. The van der Waals surface area contributed by atoms with Gasteiger partial charge >= 0.3 is 0 Å². The Kier molecular flexibility index (Phi) is 5.34. The Morgan fingerprint density at radius 2 is 1.77 bits per heavy atom. The molecule has 0 radical (unpaired) electrons. The second-order valence-corrected chi connectivity index (χ2v) is 7.04. The van der Waals surface area contributed by atoms with Gasteiger partial charge in [0, 0.05) is 13.0 Å². The fourth-order valence-corrected chi connectivity index (χ4v) is 3.84. The van der Waals surface area contributed by atoms with Crippen LogP contribution in [0, 0.1) is 23.5 Å². The molecule has 26 heavy (non-hydrogen) atoms. The van der Waals surface area contributed by atoms with Crippen LogP contribution in [0.3, 0.4) is 0 Å². The van der Waals surface area contributed by atoms with Crippen LogP contribution in [0.25, 0.3) is 0 Å². The lowest BCUT2D eigenvalue weighted by molar-refractivity contribution is -0.140. The van der Waals surface area contributed by atoms with E-state index < -0.39 is 17.7 Å². The van der Waals surface area contributed by atoms with Gasteiger partial charge in [-0.1, -0.05) is 18.9 Å². The first-order valence-electron chi connectivity index (χ1n) is 8.98. The van der Waals surface area contributed by atoms with Crippen LogP contribution < -0.4 is 5.32 Å². The van der Waals surface area contributed by atoms with Gasteiger partial charge in [0.15, 0.2) is 11.6 Å². The molecule has 0 spiro atoms. The Hall–Kier alpha value is -2.31. The van der Waals surface area contributed by atoms with E-state index in [2.05, 4.69) is 5.32 Å². The van der Waals surface area contributed by atoms with Gasteiger partial charge in [-0.25, -0.2) is 8.78 Å². The molecule has 2 fully saturated rings. The predicted octanol–water partition coefficient (Wildman–Crippen LogP) is 2.71. The van der Waals surface area contributed by atoms with Crippen molar-refractivity contribution in [1.29, 1.82) is 0 Å². The first kappa shape index (κ1) is 18.5. The molecule has 1 saturated heterocycles. The number of amides is 3. The van der Waals surface area contributed by atoms with E-state index in [-0.39, 0.29) is 42.5 Å². The molecule has 1 heterocycles. The van der Waals surface area contributed by atoms with Gasteiger partial charge in [-0.15, -0.1) is 0 Å². The van der Waals surface area contributed by atoms with E-state index in [9.17, 15) is 23.2 Å². The van der Waals surface area contributed by atoms with Gasteiger partial charge in [-0.2, -0.15) is 0 Å². The number of likely N-dealkylation sites (tertiary alicyclic amines) is 1. The van der Waals surface area contributed by atoms with Crippen LogP contribution in [0.4, 0.5) is 8.78 Å². The summed E-state index contributed by atoms with van der Waals surface area (Å²) < 4.78 is 26.3. The fourth-order valence-electron chi connectivity index (χ4n) is 3.84. The minimum absolute atomic E-state index is 0.00899. The van der Waals surface area contributed by atoms with E-state index in [0.29, 0.717) is 5.56 Å². The predicted molar refractivity (Wildman–Crippen MR) is 89.7 cm³/mol. The molecule has 3 atom stereocenters. The quantitative estimate of drug-likeness (QED) is 0.817. The summed E-state index contributed by atoms with van der Waals surface area (Å²) in [6.07, 6.45) is 3.39. The summed E-state index contributed by atoms with van der Waals surface area (Å²) >= 11 is 0. The van der Waals surface area contributed by atoms with Crippen molar-refractivity contribution in [3.8, 4) is 0 Å². The maximum Gasteiger partial charge on any atom is 0.233 e. The molecule has 1 aromatic rings. The van der Waals surface area contributed by atoms with Crippen LogP contribution in [-0.2, 0) is 14.4 Å². The van der Waals surface area contributed by atoms with Gasteiger partial charge in [0.05, 0.1) is 17.9 Å². The highest BCUT2D eigenvalue weighted by Crippen LogP contribution is 2.37. The van der Waals surface area contributed by atoms with Gasteiger partial charge in [-0.05, 0) is 37.5 Å². The summed E-state index contributed by atoms with van der Waals surface area (Å²) in [7, 11) is 0. The van der Waals surface area contributed by atoms with Crippen molar-refractivity contribution in [3.63, 3.8) is 0 Å². The molecule has 2 aliphatic rings. The molecule has 0 aromatic heterocycles. The second-order valence-electron chi connectivity index (χ2n) is 7.04. The van der Waals surface area contributed by atoms with E-state index in [1.807, 2.05) is 0 Å². The zero-order valence-electron chi connectivity index (χ0n) is 14.6. The third kappa shape index (κ3) is 3.61. The first-order valence-corrected chi connectivity index (χ1v) is 8.98. The van der Waals surface area contributed by atoms with Crippen LogP contribution >= 0.6 is 0 Å². The van der Waals surface area contributed by atoms with E-state index >= 15 is 0 Å². The van der Waals surface area contributed by atoms with Crippen LogP contribution in [-0.4, -0.2) is 29.2 Å². The molecule has 1 aliphatic heterocycles. The van der Waals surface area contributed by atoms with Gasteiger partial charge in [0.2, 0.25) is 17.7 Å². The largest absolute Gasteiger partial charge is 0.350 e. The van der Waals surface area contributed by atoms with E-state index in [1.54, 1.807) is 6.92 Å². The number of halogens is 2. The number of hydrogen-bond acceptors (Lipinski definition) is 3. The Morgan fingerprint density at radius 3 is 2.35 bits per heavy atom. The minimum atomic E-state index is -0.973. The second kappa shape index (κ2) is 7.51. The van der Waals surface area contributed by atoms with Crippen molar-refractivity contribution in [2.45, 2.75) is 45.1 Å². The summed E-state index contributed by atoms with van der Waals surface area (Å²) in [6, 6.07) is 2.95. The zero-order chi connectivity index (χ0) is 18.8. The average Bonchev–Trinajstić information content (AvgIpc) is 2.86. The molecule has 0 unspecified atom stereocenters. The van der Waals surface area contributed by atoms with Crippen molar-refractivity contribution >= 4 is 17.7 Å². The number of fused-ring (bicyclic) bond motifs is 1. The number of rotatable bonds is 5. The standard InChI is InChI=1S/C19H22F2N2O3/c1-11(12-6-7-15(20)16(21)10-12)22-17(24)8-9-23-18(25)13-4-2-3-5-14(13)19(23)26/h6-7,10-11,13-14H,2-5,8-9H2,1H3,(H,22,24)/t11-,13-,14+/m1/s1. The monoisotopic (exact) mass is 364 g/mol. The number of nitrogens with zero attached hydrogens (tertiary/aromatic N) is 1.